The molecule has 1 aliphatic heterocycles. The number of carboxylic acid groups (broad SMARTS) is 1. The van der Waals surface area contributed by atoms with Gasteiger partial charge in [-0.15, -0.1) is 0 Å². The highest BCUT2D eigenvalue weighted by molar-refractivity contribution is 5.85. The number of likely N-dealkylation sites (tertiary alicyclic amines) is 1. The van der Waals surface area contributed by atoms with Crippen LogP contribution in [0.15, 0.2) is 42.5 Å². The van der Waals surface area contributed by atoms with Crippen LogP contribution in [0.1, 0.15) is 12.0 Å². The van der Waals surface area contributed by atoms with E-state index in [9.17, 15) is 4.79 Å². The third kappa shape index (κ3) is 1.82. The van der Waals surface area contributed by atoms with Crippen LogP contribution in [0.3, 0.4) is 0 Å². The zero-order chi connectivity index (χ0) is 12.5. The lowest BCUT2D eigenvalue weighted by Crippen LogP contribution is -2.51. The van der Waals surface area contributed by atoms with Gasteiger partial charge in [-0.25, -0.2) is 4.79 Å². The van der Waals surface area contributed by atoms with E-state index in [4.69, 9.17) is 5.11 Å². The van der Waals surface area contributed by atoms with E-state index in [1.807, 2.05) is 18.2 Å². The summed E-state index contributed by atoms with van der Waals surface area (Å²) in [4.78, 5) is 12.5. The Hall–Kier alpha value is -2.03. The predicted molar refractivity (Wildman–Crippen MR) is 70.8 cm³/mol. The Labute approximate surface area is 106 Å². The fourth-order valence-corrected chi connectivity index (χ4v) is 2.63. The molecular formula is C15H15NO2. The maximum atomic E-state index is 11.0. The topological polar surface area (TPSA) is 40.5 Å². The zero-order valence-corrected chi connectivity index (χ0v) is 10.0. The summed E-state index contributed by atoms with van der Waals surface area (Å²) in [7, 11) is 0. The predicted octanol–water partition coefficient (Wildman–Crippen LogP) is 3.13. The first kappa shape index (κ1) is 11.1. The second-order valence-electron chi connectivity index (χ2n) is 4.76. The van der Waals surface area contributed by atoms with Crippen LogP contribution in [-0.2, 0) is 6.42 Å². The monoisotopic (exact) mass is 241 g/mol. The van der Waals surface area contributed by atoms with Gasteiger partial charge in [0.1, 0.15) is 0 Å². The number of carbonyl (C=O) groups is 1. The summed E-state index contributed by atoms with van der Waals surface area (Å²) in [6, 6.07) is 14.6. The lowest BCUT2D eigenvalue weighted by Gasteiger charge is -2.39. The number of nitrogens with zero attached hydrogens (tertiary/aromatic N) is 1. The van der Waals surface area contributed by atoms with Crippen molar-refractivity contribution in [1.82, 2.24) is 4.90 Å². The summed E-state index contributed by atoms with van der Waals surface area (Å²) in [5.41, 5.74) is 1.24. The Morgan fingerprint density at radius 3 is 2.72 bits per heavy atom. The molecule has 2 aromatic carbocycles. The Kier molecular flexibility index (Phi) is 2.67. The highest BCUT2D eigenvalue weighted by Gasteiger charge is 2.32. The van der Waals surface area contributed by atoms with Gasteiger partial charge in [-0.3, -0.25) is 0 Å². The van der Waals surface area contributed by atoms with Gasteiger partial charge in [0.25, 0.3) is 0 Å². The summed E-state index contributed by atoms with van der Waals surface area (Å²) in [5, 5.41) is 11.5. The summed E-state index contributed by atoms with van der Waals surface area (Å²) in [6.07, 6.45) is 0.981. The van der Waals surface area contributed by atoms with E-state index in [0.717, 1.165) is 12.8 Å². The van der Waals surface area contributed by atoms with Gasteiger partial charge >= 0.3 is 6.09 Å². The molecular weight excluding hydrogens is 226 g/mol. The molecule has 1 aliphatic rings. The average molecular weight is 241 g/mol. The van der Waals surface area contributed by atoms with Gasteiger partial charge in [0.2, 0.25) is 0 Å². The molecule has 1 saturated heterocycles. The highest BCUT2D eigenvalue weighted by atomic mass is 16.4. The summed E-state index contributed by atoms with van der Waals surface area (Å²) < 4.78 is 0. The van der Waals surface area contributed by atoms with Crippen LogP contribution in [-0.4, -0.2) is 28.7 Å². The van der Waals surface area contributed by atoms with Crippen molar-refractivity contribution in [1.29, 1.82) is 0 Å². The first-order valence-corrected chi connectivity index (χ1v) is 6.22. The van der Waals surface area contributed by atoms with Crippen molar-refractivity contribution in [2.24, 2.45) is 0 Å². The smallest absolute Gasteiger partial charge is 0.407 e. The van der Waals surface area contributed by atoms with Crippen LogP contribution in [0, 0.1) is 0 Å². The molecule has 0 bridgehead atoms. The first-order chi connectivity index (χ1) is 8.75. The van der Waals surface area contributed by atoms with Gasteiger partial charge in [-0.2, -0.15) is 0 Å². The van der Waals surface area contributed by atoms with Crippen molar-refractivity contribution in [3.63, 3.8) is 0 Å². The van der Waals surface area contributed by atoms with E-state index in [1.165, 1.54) is 21.2 Å². The lowest BCUT2D eigenvalue weighted by atomic mass is 9.93. The molecule has 18 heavy (non-hydrogen) atoms. The van der Waals surface area contributed by atoms with E-state index in [2.05, 4.69) is 24.3 Å². The number of hydrogen-bond donors (Lipinski definition) is 1. The molecule has 0 radical (unpaired) electrons. The van der Waals surface area contributed by atoms with Crippen molar-refractivity contribution >= 4 is 16.9 Å². The van der Waals surface area contributed by atoms with Gasteiger partial charge < -0.3 is 10.0 Å². The largest absolute Gasteiger partial charge is 0.465 e. The van der Waals surface area contributed by atoms with Crippen molar-refractivity contribution in [2.45, 2.75) is 18.9 Å². The highest BCUT2D eigenvalue weighted by Crippen LogP contribution is 2.26. The van der Waals surface area contributed by atoms with Gasteiger partial charge in [-0.1, -0.05) is 42.5 Å². The van der Waals surface area contributed by atoms with Crippen LogP contribution in [0.5, 0.6) is 0 Å². The van der Waals surface area contributed by atoms with Gasteiger partial charge in [0.15, 0.2) is 0 Å². The van der Waals surface area contributed by atoms with Crippen molar-refractivity contribution in [3.8, 4) is 0 Å². The summed E-state index contributed by atoms with van der Waals surface area (Å²) >= 11 is 0. The van der Waals surface area contributed by atoms with E-state index in [-0.39, 0.29) is 6.04 Å². The number of benzene rings is 2. The Morgan fingerprint density at radius 1 is 1.22 bits per heavy atom. The summed E-state index contributed by atoms with van der Waals surface area (Å²) in [6.45, 7) is 0.671. The number of hydrogen-bond acceptors (Lipinski definition) is 1. The van der Waals surface area contributed by atoms with E-state index in [0.29, 0.717) is 6.54 Å². The molecule has 92 valence electrons. The molecule has 0 aliphatic carbocycles. The molecule has 3 heteroatoms. The molecule has 2 aromatic rings. The lowest BCUT2D eigenvalue weighted by molar-refractivity contribution is 0.0758. The SMILES string of the molecule is O=C(O)N1CCC1Cc1cccc2ccccc12. The molecule has 1 atom stereocenters. The van der Waals surface area contributed by atoms with Gasteiger partial charge in [0, 0.05) is 12.6 Å². The standard InChI is InChI=1S/C15H15NO2/c17-15(18)16-9-8-13(16)10-12-6-3-5-11-4-1-2-7-14(11)12/h1-7,13H,8-10H2,(H,17,18). The van der Waals surface area contributed by atoms with Crippen LogP contribution in [0.4, 0.5) is 4.79 Å². The van der Waals surface area contributed by atoms with Gasteiger partial charge in [0.05, 0.1) is 0 Å². The van der Waals surface area contributed by atoms with E-state index in [1.54, 1.807) is 0 Å². The maximum absolute atomic E-state index is 11.0. The fourth-order valence-electron chi connectivity index (χ4n) is 2.63. The first-order valence-electron chi connectivity index (χ1n) is 6.22. The molecule has 1 N–H and O–H groups in total. The Morgan fingerprint density at radius 2 is 2.00 bits per heavy atom. The summed E-state index contributed by atoms with van der Waals surface area (Å²) in [5.74, 6) is 0. The molecule has 1 unspecified atom stereocenters. The number of fused-ring (bicyclic) bond motifs is 1. The molecule has 0 spiro atoms. The normalized spacial score (nSPS) is 18.7. The molecule has 0 saturated carbocycles. The molecule has 0 aromatic heterocycles. The molecule has 3 rings (SSSR count). The maximum Gasteiger partial charge on any atom is 0.407 e. The quantitative estimate of drug-likeness (QED) is 0.877. The van der Waals surface area contributed by atoms with Crippen LogP contribution in [0.2, 0.25) is 0 Å². The molecule has 3 nitrogen and oxygen atoms in total. The number of amides is 1. The van der Waals surface area contributed by atoms with E-state index >= 15 is 0 Å². The molecule has 1 heterocycles. The van der Waals surface area contributed by atoms with Crippen LogP contribution < -0.4 is 0 Å². The molecule has 1 amide bonds. The second kappa shape index (κ2) is 4.33. The Balaban J connectivity index is 1.89. The van der Waals surface area contributed by atoms with Crippen molar-refractivity contribution in [3.05, 3.63) is 48.0 Å². The third-order valence-corrected chi connectivity index (χ3v) is 3.73. The van der Waals surface area contributed by atoms with Crippen LogP contribution >= 0.6 is 0 Å². The minimum atomic E-state index is -0.800. The minimum absolute atomic E-state index is 0.147. The fraction of sp³-hybridized carbons (Fsp3) is 0.267. The van der Waals surface area contributed by atoms with Crippen molar-refractivity contribution in [2.75, 3.05) is 6.54 Å². The second-order valence-corrected chi connectivity index (χ2v) is 4.76. The number of rotatable bonds is 2. The zero-order valence-electron chi connectivity index (χ0n) is 10.0. The van der Waals surface area contributed by atoms with Crippen molar-refractivity contribution < 1.29 is 9.90 Å². The van der Waals surface area contributed by atoms with E-state index < -0.39 is 6.09 Å². The van der Waals surface area contributed by atoms with Gasteiger partial charge in [-0.05, 0) is 29.2 Å². The average Bonchev–Trinajstić information content (AvgIpc) is 2.34. The third-order valence-electron chi connectivity index (χ3n) is 3.73. The molecule has 1 fully saturated rings. The van der Waals surface area contributed by atoms with Crippen LogP contribution in [0.25, 0.3) is 10.8 Å². The minimum Gasteiger partial charge on any atom is -0.465 e. The Bertz CT molecular complexity index is 589.